The Hall–Kier alpha value is -2.46. The number of benzene rings is 1. The van der Waals surface area contributed by atoms with E-state index < -0.39 is 15.7 Å². The Morgan fingerprint density at radius 2 is 2.00 bits per heavy atom. The molecule has 2 aliphatic heterocycles. The van der Waals surface area contributed by atoms with Gasteiger partial charge in [-0.15, -0.1) is 0 Å². The summed E-state index contributed by atoms with van der Waals surface area (Å²) in [5, 5.41) is 8.10. The highest BCUT2D eigenvalue weighted by Crippen LogP contribution is 2.30. The van der Waals surface area contributed by atoms with Crippen molar-refractivity contribution in [3.05, 3.63) is 35.4 Å². The van der Waals surface area contributed by atoms with Crippen LogP contribution >= 0.6 is 11.9 Å². The number of sulfone groups is 1. The predicted octanol–water partition coefficient (Wildman–Crippen LogP) is 1.71. The van der Waals surface area contributed by atoms with E-state index in [9.17, 15) is 13.2 Å². The zero-order valence-corrected chi connectivity index (χ0v) is 15.0. The number of nitrogens with zero attached hydrogens (tertiary/aromatic N) is 3. The van der Waals surface area contributed by atoms with Crippen molar-refractivity contribution < 1.29 is 17.9 Å². The van der Waals surface area contributed by atoms with Crippen molar-refractivity contribution >= 4 is 49.9 Å². The second-order valence-corrected chi connectivity index (χ2v) is 7.99. The number of fused-ring (bicyclic) bond motifs is 1. The number of amides is 1. The molecule has 0 unspecified atom stereocenters. The van der Waals surface area contributed by atoms with Gasteiger partial charge in [0.15, 0.2) is 0 Å². The summed E-state index contributed by atoms with van der Waals surface area (Å²) in [5.74, 6) is -0.363. The van der Waals surface area contributed by atoms with Crippen LogP contribution in [0.5, 0.6) is 5.75 Å². The highest BCUT2D eigenvalue weighted by molar-refractivity contribution is 8.16. The van der Waals surface area contributed by atoms with Crippen LogP contribution in [0.2, 0.25) is 0 Å². The molecule has 0 aromatic heterocycles. The monoisotopic (exact) mass is 378 g/mol. The van der Waals surface area contributed by atoms with Gasteiger partial charge in [-0.25, -0.2) is 13.3 Å². The molecule has 0 atom stereocenters. The van der Waals surface area contributed by atoms with Gasteiger partial charge in [0.2, 0.25) is 20.2 Å². The van der Waals surface area contributed by atoms with Gasteiger partial charge in [-0.05, 0) is 23.8 Å². The minimum absolute atomic E-state index is 0.00424. The van der Waals surface area contributed by atoms with Crippen LogP contribution in [0.3, 0.4) is 0 Å². The number of ether oxygens (including phenoxy) is 1. The standard InChI is InChI=1S/C15H14N4O4S2/c1-3-25(21,22)15-18-24-14-17-13(20)11(12(16)19(14)15)8-9-4-6-10(23-2)7-5-9/h4-8,16H,3H2,1-2H3. The first-order valence-corrected chi connectivity index (χ1v) is 9.65. The molecule has 1 amide bonds. The Balaban J connectivity index is 2.01. The molecule has 0 aliphatic carbocycles. The zero-order valence-electron chi connectivity index (χ0n) is 13.4. The summed E-state index contributed by atoms with van der Waals surface area (Å²) in [4.78, 5) is 17.2. The number of methoxy groups -OCH3 is 1. The number of carbonyl (C=O) groups excluding carboxylic acids is 1. The lowest BCUT2D eigenvalue weighted by atomic mass is 10.1. The summed E-state index contributed by atoms with van der Waals surface area (Å²) < 4.78 is 33.3. The third kappa shape index (κ3) is 3.10. The van der Waals surface area contributed by atoms with Crippen LogP contribution < -0.4 is 4.74 Å². The zero-order chi connectivity index (χ0) is 18.2. The molecule has 0 saturated carbocycles. The summed E-state index contributed by atoms with van der Waals surface area (Å²) in [5.41, 5.74) is 0.659. The first kappa shape index (κ1) is 17.4. The normalized spacial score (nSPS) is 19.0. The average Bonchev–Trinajstić information content (AvgIpc) is 3.04. The van der Waals surface area contributed by atoms with Gasteiger partial charge >= 0.3 is 0 Å². The van der Waals surface area contributed by atoms with Crippen LogP contribution in [0.1, 0.15) is 12.5 Å². The highest BCUT2D eigenvalue weighted by atomic mass is 32.2. The van der Waals surface area contributed by atoms with Crippen molar-refractivity contribution in [2.24, 2.45) is 9.39 Å². The van der Waals surface area contributed by atoms with Crippen LogP contribution in [-0.2, 0) is 14.6 Å². The van der Waals surface area contributed by atoms with Gasteiger partial charge in [-0.3, -0.25) is 10.2 Å². The molecule has 2 aliphatic rings. The summed E-state index contributed by atoms with van der Waals surface area (Å²) >= 11 is 0.777. The SMILES string of the molecule is CCS(=O)(=O)C1=NSC2=NC(=O)C(=Cc3ccc(OC)cc3)C(=N)N21. The molecule has 130 valence electrons. The van der Waals surface area contributed by atoms with Crippen molar-refractivity contribution in [1.29, 1.82) is 5.41 Å². The average molecular weight is 378 g/mol. The van der Waals surface area contributed by atoms with Crippen molar-refractivity contribution in [2.45, 2.75) is 6.92 Å². The van der Waals surface area contributed by atoms with Gasteiger partial charge in [0, 0.05) is 0 Å². The van der Waals surface area contributed by atoms with E-state index in [4.69, 9.17) is 10.1 Å². The predicted molar refractivity (Wildman–Crippen MR) is 97.5 cm³/mol. The van der Waals surface area contributed by atoms with E-state index in [1.807, 2.05) is 0 Å². The summed E-state index contributed by atoms with van der Waals surface area (Å²) in [6.07, 6.45) is 1.49. The lowest BCUT2D eigenvalue weighted by Crippen LogP contribution is -2.45. The summed E-state index contributed by atoms with van der Waals surface area (Å²) in [7, 11) is -2.10. The molecule has 10 heteroatoms. The van der Waals surface area contributed by atoms with E-state index in [2.05, 4.69) is 9.39 Å². The first-order chi connectivity index (χ1) is 11.9. The van der Waals surface area contributed by atoms with Gasteiger partial charge in [-0.2, -0.15) is 9.39 Å². The third-order valence-corrected chi connectivity index (χ3v) is 5.99. The van der Waals surface area contributed by atoms with Crippen molar-refractivity contribution in [1.82, 2.24) is 4.90 Å². The molecule has 1 N–H and O–H groups in total. The van der Waals surface area contributed by atoms with Crippen LogP contribution in [-0.4, -0.2) is 48.3 Å². The molecule has 3 rings (SSSR count). The fourth-order valence-electron chi connectivity index (χ4n) is 2.20. The van der Waals surface area contributed by atoms with Crippen molar-refractivity contribution in [2.75, 3.05) is 12.9 Å². The van der Waals surface area contributed by atoms with Crippen molar-refractivity contribution in [3.8, 4) is 5.75 Å². The van der Waals surface area contributed by atoms with E-state index in [-0.39, 0.29) is 27.5 Å². The lowest BCUT2D eigenvalue weighted by Gasteiger charge is -2.24. The largest absolute Gasteiger partial charge is 0.497 e. The Morgan fingerprint density at radius 1 is 1.32 bits per heavy atom. The second-order valence-electron chi connectivity index (χ2n) is 5.08. The fourth-order valence-corrected chi connectivity index (χ4v) is 4.16. The smallest absolute Gasteiger partial charge is 0.283 e. The minimum atomic E-state index is -3.65. The summed E-state index contributed by atoms with van der Waals surface area (Å²) in [6, 6.07) is 6.89. The van der Waals surface area contributed by atoms with E-state index in [0.717, 1.165) is 16.8 Å². The Morgan fingerprint density at radius 3 is 2.60 bits per heavy atom. The highest BCUT2D eigenvalue weighted by Gasteiger charge is 2.41. The molecule has 0 radical (unpaired) electrons. The number of hydrogen-bond donors (Lipinski definition) is 1. The number of hydrogen-bond acceptors (Lipinski definition) is 7. The molecule has 0 fully saturated rings. The fraction of sp³-hybridized carbons (Fsp3) is 0.200. The van der Waals surface area contributed by atoms with Crippen LogP contribution in [0.4, 0.5) is 0 Å². The minimum Gasteiger partial charge on any atom is -0.497 e. The molecule has 1 aromatic carbocycles. The van der Waals surface area contributed by atoms with Gasteiger partial charge in [0.05, 0.1) is 30.4 Å². The van der Waals surface area contributed by atoms with E-state index in [0.29, 0.717) is 11.3 Å². The number of carbonyl (C=O) groups is 1. The van der Waals surface area contributed by atoms with Crippen molar-refractivity contribution in [3.63, 3.8) is 0 Å². The molecule has 8 nitrogen and oxygen atoms in total. The first-order valence-electron chi connectivity index (χ1n) is 7.23. The van der Waals surface area contributed by atoms with E-state index >= 15 is 0 Å². The molecule has 25 heavy (non-hydrogen) atoms. The maximum atomic E-state index is 12.2. The van der Waals surface area contributed by atoms with E-state index in [1.165, 1.54) is 13.0 Å². The van der Waals surface area contributed by atoms with Crippen LogP contribution in [0.25, 0.3) is 6.08 Å². The van der Waals surface area contributed by atoms with Crippen LogP contribution in [0, 0.1) is 5.41 Å². The lowest BCUT2D eigenvalue weighted by molar-refractivity contribution is -0.114. The maximum Gasteiger partial charge on any atom is 0.283 e. The van der Waals surface area contributed by atoms with E-state index in [1.54, 1.807) is 31.4 Å². The Kier molecular flexibility index (Phi) is 4.48. The molecule has 2 heterocycles. The molecule has 0 spiro atoms. The third-order valence-electron chi connectivity index (χ3n) is 3.58. The molecular weight excluding hydrogens is 364 g/mol. The van der Waals surface area contributed by atoms with Gasteiger partial charge < -0.3 is 4.74 Å². The van der Waals surface area contributed by atoms with Crippen LogP contribution in [0.15, 0.2) is 39.2 Å². The number of amidine groups is 3. The molecule has 1 aromatic rings. The second kappa shape index (κ2) is 6.45. The number of nitrogens with one attached hydrogen (secondary N) is 1. The van der Waals surface area contributed by atoms with Gasteiger partial charge in [0.25, 0.3) is 5.91 Å². The Labute approximate surface area is 148 Å². The maximum absolute atomic E-state index is 12.2. The van der Waals surface area contributed by atoms with Gasteiger partial charge in [-0.1, -0.05) is 19.1 Å². The molecular formula is C15H14N4O4S2. The molecule has 0 bridgehead atoms. The topological polar surface area (TPSA) is 112 Å². The Bertz CT molecular complexity index is 946. The van der Waals surface area contributed by atoms with Gasteiger partial charge in [0.1, 0.15) is 11.6 Å². The summed E-state index contributed by atoms with van der Waals surface area (Å²) in [6.45, 7) is 1.49. The number of rotatable bonds is 3. The quantitative estimate of drug-likeness (QED) is 0.633. The molecule has 0 saturated heterocycles. The number of aliphatic imine (C=N–C) groups is 1.